The van der Waals surface area contributed by atoms with Crippen LogP contribution < -0.4 is 15.0 Å². The Balaban J connectivity index is 1.48. The van der Waals surface area contributed by atoms with E-state index in [0.29, 0.717) is 5.75 Å². The third-order valence-corrected chi connectivity index (χ3v) is 4.87. The zero-order valence-corrected chi connectivity index (χ0v) is 16.1. The van der Waals surface area contributed by atoms with Crippen molar-refractivity contribution in [3.63, 3.8) is 0 Å². The highest BCUT2D eigenvalue weighted by Crippen LogP contribution is 2.27. The molecule has 2 aromatic carbocycles. The first-order chi connectivity index (χ1) is 13.2. The number of phenolic OH excluding ortho intramolecular Hbond substituents is 1. The number of nitrogens with one attached hydrogen (secondary N) is 1. The minimum Gasteiger partial charge on any atom is -0.506 e. The number of aromatic hydroxyl groups is 1. The Hall–Kier alpha value is -2.89. The largest absolute Gasteiger partial charge is 0.506 e. The van der Waals surface area contributed by atoms with Crippen LogP contribution in [0.5, 0.6) is 11.5 Å². The van der Waals surface area contributed by atoms with E-state index in [0.717, 1.165) is 56.5 Å². The molecule has 27 heavy (non-hydrogen) atoms. The van der Waals surface area contributed by atoms with Crippen molar-refractivity contribution >= 4 is 11.6 Å². The van der Waals surface area contributed by atoms with E-state index >= 15 is 0 Å². The molecule has 0 saturated carbocycles. The maximum absolute atomic E-state index is 10.0. The maximum atomic E-state index is 10.0. The van der Waals surface area contributed by atoms with Gasteiger partial charge in [-0.05, 0) is 36.2 Å². The highest BCUT2D eigenvalue weighted by Gasteiger charge is 2.21. The molecule has 0 aliphatic carbocycles. The van der Waals surface area contributed by atoms with Gasteiger partial charge in [0, 0.05) is 39.8 Å². The SMILES string of the molecule is CN=C(NCCc1ccc(OC)cc1)N1CCN(c2ccccc2O)CC1. The van der Waals surface area contributed by atoms with Crippen molar-refractivity contribution in [2.45, 2.75) is 6.42 Å². The Kier molecular flexibility index (Phi) is 6.41. The molecule has 0 radical (unpaired) electrons. The van der Waals surface area contributed by atoms with Crippen molar-refractivity contribution < 1.29 is 9.84 Å². The minimum atomic E-state index is 0.341. The maximum Gasteiger partial charge on any atom is 0.193 e. The van der Waals surface area contributed by atoms with Crippen LogP contribution in [0.3, 0.4) is 0 Å². The Labute approximate surface area is 161 Å². The summed E-state index contributed by atoms with van der Waals surface area (Å²) in [5, 5.41) is 13.5. The zero-order valence-electron chi connectivity index (χ0n) is 16.1. The van der Waals surface area contributed by atoms with Crippen LogP contribution in [0.2, 0.25) is 0 Å². The number of guanidine groups is 1. The Morgan fingerprint density at radius 3 is 2.41 bits per heavy atom. The molecule has 0 aromatic heterocycles. The molecule has 2 aromatic rings. The number of aliphatic imine (C=N–C) groups is 1. The van der Waals surface area contributed by atoms with E-state index in [4.69, 9.17) is 4.74 Å². The smallest absolute Gasteiger partial charge is 0.193 e. The normalized spacial score (nSPS) is 15.0. The van der Waals surface area contributed by atoms with Crippen molar-refractivity contribution in [2.24, 2.45) is 4.99 Å². The molecular weight excluding hydrogens is 340 g/mol. The number of methoxy groups -OCH3 is 1. The number of benzene rings is 2. The van der Waals surface area contributed by atoms with Crippen LogP contribution in [0.25, 0.3) is 0 Å². The second kappa shape index (κ2) is 9.16. The molecule has 1 heterocycles. The van der Waals surface area contributed by atoms with E-state index in [1.807, 2.05) is 37.4 Å². The van der Waals surface area contributed by atoms with Crippen molar-refractivity contribution in [3.05, 3.63) is 54.1 Å². The zero-order chi connectivity index (χ0) is 19.1. The summed E-state index contributed by atoms with van der Waals surface area (Å²) in [7, 11) is 3.50. The van der Waals surface area contributed by atoms with Crippen LogP contribution >= 0.6 is 0 Å². The third-order valence-electron chi connectivity index (χ3n) is 4.87. The molecule has 6 heteroatoms. The predicted molar refractivity (Wildman–Crippen MR) is 110 cm³/mol. The number of anilines is 1. The lowest BCUT2D eigenvalue weighted by Gasteiger charge is -2.37. The minimum absolute atomic E-state index is 0.341. The number of rotatable bonds is 5. The topological polar surface area (TPSA) is 60.3 Å². The molecule has 2 N–H and O–H groups in total. The molecule has 1 aliphatic heterocycles. The van der Waals surface area contributed by atoms with E-state index < -0.39 is 0 Å². The van der Waals surface area contributed by atoms with Crippen LogP contribution in [0.15, 0.2) is 53.5 Å². The predicted octanol–water partition coefficient (Wildman–Crippen LogP) is 2.34. The van der Waals surface area contributed by atoms with Crippen LogP contribution in [0.1, 0.15) is 5.56 Å². The quantitative estimate of drug-likeness (QED) is 0.627. The second-order valence-electron chi connectivity index (χ2n) is 6.53. The summed E-state index contributed by atoms with van der Waals surface area (Å²) in [6.45, 7) is 4.29. The van der Waals surface area contributed by atoms with Gasteiger partial charge in [0.05, 0.1) is 12.8 Å². The molecule has 1 saturated heterocycles. The number of hydrogen-bond acceptors (Lipinski definition) is 4. The number of nitrogens with zero attached hydrogens (tertiary/aromatic N) is 3. The van der Waals surface area contributed by atoms with Crippen molar-refractivity contribution in [1.82, 2.24) is 10.2 Å². The Bertz CT molecular complexity index is 753. The number of ether oxygens (including phenoxy) is 1. The summed E-state index contributed by atoms with van der Waals surface area (Å²) >= 11 is 0. The highest BCUT2D eigenvalue weighted by molar-refractivity contribution is 5.80. The van der Waals surface area contributed by atoms with Crippen LogP contribution in [0, 0.1) is 0 Å². The van der Waals surface area contributed by atoms with Gasteiger partial charge in [-0.2, -0.15) is 0 Å². The fourth-order valence-electron chi connectivity index (χ4n) is 3.33. The van der Waals surface area contributed by atoms with Gasteiger partial charge in [-0.1, -0.05) is 24.3 Å². The Morgan fingerprint density at radius 1 is 1.07 bits per heavy atom. The molecule has 1 aliphatic rings. The average Bonchev–Trinajstić information content (AvgIpc) is 2.72. The van der Waals surface area contributed by atoms with Crippen LogP contribution in [-0.4, -0.2) is 62.8 Å². The average molecular weight is 368 g/mol. The van der Waals surface area contributed by atoms with Gasteiger partial charge in [-0.25, -0.2) is 0 Å². The third kappa shape index (κ3) is 4.84. The summed E-state index contributed by atoms with van der Waals surface area (Å²) in [4.78, 5) is 8.92. The highest BCUT2D eigenvalue weighted by atomic mass is 16.5. The summed E-state index contributed by atoms with van der Waals surface area (Å²) in [6, 6.07) is 15.7. The lowest BCUT2D eigenvalue weighted by Crippen LogP contribution is -2.52. The van der Waals surface area contributed by atoms with E-state index in [-0.39, 0.29) is 0 Å². The molecule has 6 nitrogen and oxygen atoms in total. The first-order valence-corrected chi connectivity index (χ1v) is 9.32. The van der Waals surface area contributed by atoms with Gasteiger partial charge in [0.15, 0.2) is 5.96 Å². The first-order valence-electron chi connectivity index (χ1n) is 9.32. The second-order valence-corrected chi connectivity index (χ2v) is 6.53. The van der Waals surface area contributed by atoms with Gasteiger partial charge in [0.1, 0.15) is 11.5 Å². The van der Waals surface area contributed by atoms with Gasteiger partial charge >= 0.3 is 0 Å². The fourth-order valence-corrected chi connectivity index (χ4v) is 3.33. The first kappa shape index (κ1) is 18.9. The lowest BCUT2D eigenvalue weighted by atomic mass is 10.1. The van der Waals surface area contributed by atoms with Crippen molar-refractivity contribution in [1.29, 1.82) is 0 Å². The number of hydrogen-bond donors (Lipinski definition) is 2. The Morgan fingerprint density at radius 2 is 1.78 bits per heavy atom. The van der Waals surface area contributed by atoms with Crippen molar-refractivity contribution in [2.75, 3.05) is 51.8 Å². The molecule has 0 atom stereocenters. The van der Waals surface area contributed by atoms with E-state index in [1.165, 1.54) is 5.56 Å². The van der Waals surface area contributed by atoms with Gasteiger partial charge in [-0.15, -0.1) is 0 Å². The number of phenols is 1. The molecular formula is C21H28N4O2. The molecule has 0 spiro atoms. The molecule has 0 unspecified atom stereocenters. The fraction of sp³-hybridized carbons (Fsp3) is 0.381. The van der Waals surface area contributed by atoms with Crippen LogP contribution in [0.4, 0.5) is 5.69 Å². The molecule has 144 valence electrons. The number of para-hydroxylation sites is 2. The van der Waals surface area contributed by atoms with Gasteiger partial charge in [0.2, 0.25) is 0 Å². The number of piperazine rings is 1. The summed E-state index contributed by atoms with van der Waals surface area (Å²) in [5.41, 5.74) is 2.17. The molecule has 0 bridgehead atoms. The standard InChI is InChI=1S/C21H28N4O2/c1-22-21(23-12-11-17-7-9-18(27-2)10-8-17)25-15-13-24(14-16-25)19-5-3-4-6-20(19)26/h3-10,26H,11-16H2,1-2H3,(H,22,23). The van der Waals surface area contributed by atoms with Gasteiger partial charge in [-0.3, -0.25) is 4.99 Å². The van der Waals surface area contributed by atoms with E-state index in [9.17, 15) is 5.11 Å². The van der Waals surface area contributed by atoms with Crippen LogP contribution in [-0.2, 0) is 6.42 Å². The lowest BCUT2D eigenvalue weighted by molar-refractivity contribution is 0.370. The van der Waals surface area contributed by atoms with Gasteiger partial charge < -0.3 is 25.0 Å². The van der Waals surface area contributed by atoms with Crippen molar-refractivity contribution in [3.8, 4) is 11.5 Å². The molecule has 1 fully saturated rings. The molecule has 3 rings (SSSR count). The monoisotopic (exact) mass is 368 g/mol. The van der Waals surface area contributed by atoms with E-state index in [2.05, 4.69) is 32.2 Å². The summed E-state index contributed by atoms with van der Waals surface area (Å²) in [5.74, 6) is 2.15. The molecule has 0 amide bonds. The van der Waals surface area contributed by atoms with Gasteiger partial charge in [0.25, 0.3) is 0 Å². The summed E-state index contributed by atoms with van der Waals surface area (Å²) < 4.78 is 5.20. The summed E-state index contributed by atoms with van der Waals surface area (Å²) in [6.07, 6.45) is 0.931. The van der Waals surface area contributed by atoms with E-state index in [1.54, 1.807) is 13.2 Å².